The molecule has 6 heteroatoms. The van der Waals surface area contributed by atoms with Crippen molar-refractivity contribution < 1.29 is 24.5 Å². The highest BCUT2D eigenvalue weighted by Gasteiger charge is 2.31. The number of phenols is 1. The van der Waals surface area contributed by atoms with Crippen LogP contribution in [-0.2, 0) is 4.79 Å². The number of ether oxygens (including phenoxy) is 1. The number of carboxylic acid groups (broad SMARTS) is 1. The minimum absolute atomic E-state index is 0.0660. The summed E-state index contributed by atoms with van der Waals surface area (Å²) >= 11 is 0. The standard InChI is InChI=1S/C13H15NO5/c1-19-12-3-8(6-15)9(4-11(12)16)10-2-7(5-14-10)13(17)18/h3-4,6-7,10,14,16H,2,5H2,1H3,(H,17,18). The van der Waals surface area contributed by atoms with Crippen LogP contribution in [0, 0.1) is 5.92 Å². The van der Waals surface area contributed by atoms with Crippen LogP contribution in [-0.4, -0.2) is 36.1 Å². The minimum Gasteiger partial charge on any atom is -0.504 e. The Balaban J connectivity index is 2.32. The van der Waals surface area contributed by atoms with E-state index in [-0.39, 0.29) is 17.5 Å². The number of nitrogens with one attached hydrogen (secondary N) is 1. The third-order valence-corrected chi connectivity index (χ3v) is 3.37. The van der Waals surface area contributed by atoms with E-state index >= 15 is 0 Å². The van der Waals surface area contributed by atoms with Crippen molar-refractivity contribution in [3.8, 4) is 11.5 Å². The maximum absolute atomic E-state index is 11.1. The van der Waals surface area contributed by atoms with Crippen LogP contribution in [0.5, 0.6) is 11.5 Å². The van der Waals surface area contributed by atoms with Gasteiger partial charge in [-0.3, -0.25) is 9.59 Å². The summed E-state index contributed by atoms with van der Waals surface area (Å²) in [5, 5.41) is 21.8. The Bertz CT molecular complexity index is 514. The van der Waals surface area contributed by atoms with Gasteiger partial charge in [0.1, 0.15) is 0 Å². The molecule has 1 fully saturated rings. The van der Waals surface area contributed by atoms with Gasteiger partial charge < -0.3 is 20.3 Å². The van der Waals surface area contributed by atoms with Gasteiger partial charge in [-0.05, 0) is 24.1 Å². The van der Waals surface area contributed by atoms with E-state index in [1.807, 2.05) is 0 Å². The van der Waals surface area contributed by atoms with Crippen molar-refractivity contribution >= 4 is 12.3 Å². The van der Waals surface area contributed by atoms with Gasteiger partial charge in [-0.25, -0.2) is 0 Å². The zero-order valence-electron chi connectivity index (χ0n) is 10.4. The maximum atomic E-state index is 11.1. The Hall–Kier alpha value is -2.08. The molecule has 0 aromatic heterocycles. The van der Waals surface area contributed by atoms with Crippen LogP contribution in [0.25, 0.3) is 0 Å². The molecule has 0 bridgehead atoms. The molecule has 1 aromatic rings. The molecule has 2 atom stereocenters. The number of carbonyl (C=O) groups is 2. The van der Waals surface area contributed by atoms with Gasteiger partial charge in [-0.15, -0.1) is 0 Å². The molecule has 1 aliphatic rings. The van der Waals surface area contributed by atoms with E-state index in [0.717, 1.165) is 0 Å². The molecule has 0 saturated carbocycles. The number of methoxy groups -OCH3 is 1. The van der Waals surface area contributed by atoms with Gasteiger partial charge in [-0.2, -0.15) is 0 Å². The van der Waals surface area contributed by atoms with Gasteiger partial charge in [0.15, 0.2) is 17.8 Å². The normalized spacial score (nSPS) is 22.2. The monoisotopic (exact) mass is 265 g/mol. The van der Waals surface area contributed by atoms with Crippen LogP contribution in [0.2, 0.25) is 0 Å². The molecule has 2 unspecified atom stereocenters. The molecule has 6 nitrogen and oxygen atoms in total. The average Bonchev–Trinajstić information content (AvgIpc) is 2.88. The lowest BCUT2D eigenvalue weighted by molar-refractivity contribution is -0.141. The highest BCUT2D eigenvalue weighted by atomic mass is 16.5. The lowest BCUT2D eigenvalue weighted by atomic mass is 9.96. The fourth-order valence-corrected chi connectivity index (χ4v) is 2.33. The number of hydrogen-bond donors (Lipinski definition) is 3. The van der Waals surface area contributed by atoms with E-state index < -0.39 is 11.9 Å². The SMILES string of the molecule is COc1cc(C=O)c(C2CC(C(=O)O)CN2)cc1O. The Morgan fingerprint density at radius 1 is 1.53 bits per heavy atom. The van der Waals surface area contributed by atoms with Crippen molar-refractivity contribution in [2.24, 2.45) is 5.92 Å². The van der Waals surface area contributed by atoms with E-state index in [2.05, 4.69) is 5.32 Å². The largest absolute Gasteiger partial charge is 0.504 e. The highest BCUT2D eigenvalue weighted by Crippen LogP contribution is 2.35. The molecule has 1 saturated heterocycles. The summed E-state index contributed by atoms with van der Waals surface area (Å²) in [6.07, 6.45) is 1.06. The molecule has 2 rings (SSSR count). The van der Waals surface area contributed by atoms with Gasteiger partial charge >= 0.3 is 5.97 Å². The van der Waals surface area contributed by atoms with Gasteiger partial charge in [-0.1, -0.05) is 0 Å². The second kappa shape index (κ2) is 5.27. The summed E-state index contributed by atoms with van der Waals surface area (Å²) in [4.78, 5) is 22.0. The predicted molar refractivity (Wildman–Crippen MR) is 66.5 cm³/mol. The van der Waals surface area contributed by atoms with Crippen LogP contribution in [0.1, 0.15) is 28.4 Å². The number of hydrogen-bond acceptors (Lipinski definition) is 5. The third kappa shape index (κ3) is 2.53. The number of aldehydes is 1. The second-order valence-electron chi connectivity index (χ2n) is 4.50. The van der Waals surface area contributed by atoms with E-state index in [1.165, 1.54) is 19.2 Å². The summed E-state index contributed by atoms with van der Waals surface area (Å²) in [5.74, 6) is -1.18. The number of rotatable bonds is 4. The predicted octanol–water partition coefficient (Wildman–Crippen LogP) is 0.948. The smallest absolute Gasteiger partial charge is 0.307 e. The van der Waals surface area contributed by atoms with Crippen LogP contribution < -0.4 is 10.1 Å². The molecule has 0 aliphatic carbocycles. The molecule has 1 aromatic carbocycles. The third-order valence-electron chi connectivity index (χ3n) is 3.37. The first-order chi connectivity index (χ1) is 9.06. The number of phenolic OH excluding ortho intramolecular Hbond substituents is 1. The van der Waals surface area contributed by atoms with E-state index in [9.17, 15) is 14.7 Å². The number of carbonyl (C=O) groups excluding carboxylic acids is 1. The molecular weight excluding hydrogens is 250 g/mol. The van der Waals surface area contributed by atoms with E-state index in [1.54, 1.807) is 0 Å². The lowest BCUT2D eigenvalue weighted by Crippen LogP contribution is -2.17. The Morgan fingerprint density at radius 2 is 2.26 bits per heavy atom. The molecule has 3 N–H and O–H groups in total. The first kappa shape index (κ1) is 13.4. The van der Waals surface area contributed by atoms with Crippen molar-refractivity contribution in [3.05, 3.63) is 23.3 Å². The number of benzene rings is 1. The lowest BCUT2D eigenvalue weighted by Gasteiger charge is -2.15. The molecule has 0 spiro atoms. The zero-order valence-corrected chi connectivity index (χ0v) is 10.4. The summed E-state index contributed by atoms with van der Waals surface area (Å²) in [6.45, 7) is 0.352. The van der Waals surface area contributed by atoms with Crippen LogP contribution in [0.4, 0.5) is 0 Å². The fraction of sp³-hybridized carbons (Fsp3) is 0.385. The number of aromatic hydroxyl groups is 1. The Labute approximate surface area is 110 Å². The zero-order chi connectivity index (χ0) is 14.0. The van der Waals surface area contributed by atoms with Gasteiger partial charge in [0.25, 0.3) is 0 Å². The summed E-state index contributed by atoms with van der Waals surface area (Å²) in [5.41, 5.74) is 0.982. The first-order valence-electron chi connectivity index (χ1n) is 5.89. The number of aliphatic carboxylic acids is 1. The van der Waals surface area contributed by atoms with E-state index in [0.29, 0.717) is 30.4 Å². The van der Waals surface area contributed by atoms with Crippen LogP contribution in [0.3, 0.4) is 0 Å². The highest BCUT2D eigenvalue weighted by molar-refractivity contribution is 5.80. The van der Waals surface area contributed by atoms with Crippen molar-refractivity contribution in [2.45, 2.75) is 12.5 Å². The summed E-state index contributed by atoms with van der Waals surface area (Å²) in [7, 11) is 1.40. The molecule has 0 radical (unpaired) electrons. The maximum Gasteiger partial charge on any atom is 0.307 e. The van der Waals surface area contributed by atoms with Gasteiger partial charge in [0, 0.05) is 18.2 Å². The Morgan fingerprint density at radius 3 is 2.79 bits per heavy atom. The van der Waals surface area contributed by atoms with Crippen LogP contribution in [0.15, 0.2) is 12.1 Å². The fourth-order valence-electron chi connectivity index (χ4n) is 2.33. The van der Waals surface area contributed by atoms with Gasteiger partial charge in [0.05, 0.1) is 13.0 Å². The Kier molecular flexibility index (Phi) is 3.71. The molecule has 0 amide bonds. The molecular formula is C13H15NO5. The second-order valence-corrected chi connectivity index (χ2v) is 4.50. The van der Waals surface area contributed by atoms with Gasteiger partial charge in [0.2, 0.25) is 0 Å². The summed E-state index contributed by atoms with van der Waals surface area (Å²) < 4.78 is 4.94. The first-order valence-corrected chi connectivity index (χ1v) is 5.89. The van der Waals surface area contributed by atoms with Crippen molar-refractivity contribution in [1.29, 1.82) is 0 Å². The number of carboxylic acids is 1. The average molecular weight is 265 g/mol. The topological polar surface area (TPSA) is 95.9 Å². The minimum atomic E-state index is -0.861. The van der Waals surface area contributed by atoms with Crippen molar-refractivity contribution in [2.75, 3.05) is 13.7 Å². The molecule has 102 valence electrons. The van der Waals surface area contributed by atoms with Crippen LogP contribution >= 0.6 is 0 Å². The van der Waals surface area contributed by atoms with Crippen molar-refractivity contribution in [3.63, 3.8) is 0 Å². The molecule has 1 heterocycles. The molecule has 19 heavy (non-hydrogen) atoms. The summed E-state index contributed by atoms with van der Waals surface area (Å²) in [6, 6.07) is 2.65. The van der Waals surface area contributed by atoms with Crippen molar-refractivity contribution in [1.82, 2.24) is 5.32 Å². The molecule has 1 aliphatic heterocycles. The van der Waals surface area contributed by atoms with E-state index in [4.69, 9.17) is 9.84 Å². The quantitative estimate of drug-likeness (QED) is 0.701.